The number of carbonyl (C=O) groups is 2. The number of ether oxygens (including phenoxy) is 3. The van der Waals surface area contributed by atoms with E-state index < -0.39 is 6.09 Å². The van der Waals surface area contributed by atoms with Crippen molar-refractivity contribution in [3.05, 3.63) is 34.3 Å². The molecule has 2 N–H and O–H groups in total. The Hall–Kier alpha value is -3.01. The molecule has 2 aromatic rings. The summed E-state index contributed by atoms with van der Waals surface area (Å²) in [6, 6.07) is 5.36. The first kappa shape index (κ1) is 19.7. The average molecular weight is 406 g/mol. The molecule has 0 saturated heterocycles. The number of aromatic nitrogens is 1. The Bertz CT molecular complexity index is 870. The van der Waals surface area contributed by atoms with Gasteiger partial charge >= 0.3 is 12.1 Å². The minimum absolute atomic E-state index is 0.156. The monoisotopic (exact) mass is 406 g/mol. The van der Waals surface area contributed by atoms with Crippen LogP contribution in [0.2, 0.25) is 0 Å². The van der Waals surface area contributed by atoms with E-state index >= 15 is 0 Å². The number of anilines is 1. The molecule has 0 bridgehead atoms. The summed E-state index contributed by atoms with van der Waals surface area (Å²) in [5.74, 6) is 1.26. The number of urea groups is 1. The van der Waals surface area contributed by atoms with Crippen molar-refractivity contribution in [3.63, 3.8) is 0 Å². The third-order valence-corrected chi connectivity index (χ3v) is 5.30. The van der Waals surface area contributed by atoms with E-state index in [4.69, 9.17) is 9.47 Å². The molecule has 0 unspecified atom stereocenters. The number of hydrogen-bond donors (Lipinski definition) is 2. The van der Waals surface area contributed by atoms with Crippen molar-refractivity contribution < 1.29 is 23.8 Å². The van der Waals surface area contributed by atoms with Gasteiger partial charge in [-0.1, -0.05) is 17.4 Å². The van der Waals surface area contributed by atoms with Gasteiger partial charge in [-0.25, -0.2) is 14.6 Å². The highest BCUT2D eigenvalue weighted by Crippen LogP contribution is 2.29. The standard InChI is InChI=1S/C18H22N4O5S/c1-25-13-5-4-11(8-14(13)26-2)9-19-17(23)22-7-6-12-15(10-22)28-16(20-12)21-18(24)27-3/h4-5,8H,6-7,9-10H2,1-3H3,(H,19,23)(H,20,21,24). The van der Waals surface area contributed by atoms with Gasteiger partial charge in [0.25, 0.3) is 0 Å². The number of nitrogens with one attached hydrogen (secondary N) is 2. The largest absolute Gasteiger partial charge is 0.493 e. The molecular formula is C18H22N4O5S. The maximum Gasteiger partial charge on any atom is 0.413 e. The van der Waals surface area contributed by atoms with Gasteiger partial charge < -0.3 is 24.4 Å². The van der Waals surface area contributed by atoms with Crippen molar-refractivity contribution >= 4 is 28.6 Å². The molecule has 150 valence electrons. The SMILES string of the molecule is COC(=O)Nc1nc2c(s1)CN(C(=O)NCc1ccc(OC)c(OC)c1)CC2. The average Bonchev–Trinajstić information content (AvgIpc) is 3.12. The summed E-state index contributed by atoms with van der Waals surface area (Å²) in [5, 5.41) is 5.96. The molecule has 0 saturated carbocycles. The Balaban J connectivity index is 1.58. The first-order valence-electron chi connectivity index (χ1n) is 8.61. The van der Waals surface area contributed by atoms with Crippen molar-refractivity contribution in [1.82, 2.24) is 15.2 Å². The predicted octanol–water partition coefficient (Wildman–Crippen LogP) is 2.61. The van der Waals surface area contributed by atoms with Gasteiger partial charge in [-0.2, -0.15) is 0 Å². The zero-order chi connectivity index (χ0) is 20.1. The van der Waals surface area contributed by atoms with E-state index in [1.165, 1.54) is 18.4 Å². The molecule has 1 aromatic heterocycles. The lowest BCUT2D eigenvalue weighted by Gasteiger charge is -2.26. The number of nitrogens with zero attached hydrogens (tertiary/aromatic N) is 2. The Morgan fingerprint density at radius 1 is 1.21 bits per heavy atom. The van der Waals surface area contributed by atoms with Gasteiger partial charge in [0, 0.05) is 24.4 Å². The van der Waals surface area contributed by atoms with Crippen molar-refractivity contribution in [3.8, 4) is 11.5 Å². The maximum atomic E-state index is 12.5. The van der Waals surface area contributed by atoms with Crippen LogP contribution in [-0.2, 0) is 24.2 Å². The zero-order valence-electron chi connectivity index (χ0n) is 15.9. The van der Waals surface area contributed by atoms with Crippen LogP contribution in [0.5, 0.6) is 11.5 Å². The number of methoxy groups -OCH3 is 3. The number of rotatable bonds is 5. The maximum absolute atomic E-state index is 12.5. The van der Waals surface area contributed by atoms with Crippen LogP contribution in [0.15, 0.2) is 18.2 Å². The molecule has 0 atom stereocenters. The summed E-state index contributed by atoms with van der Waals surface area (Å²) in [4.78, 5) is 30.9. The molecule has 0 spiro atoms. The van der Waals surface area contributed by atoms with E-state index in [-0.39, 0.29) is 6.03 Å². The fourth-order valence-corrected chi connectivity index (χ4v) is 3.85. The number of fused-ring (bicyclic) bond motifs is 1. The summed E-state index contributed by atoms with van der Waals surface area (Å²) in [5.41, 5.74) is 1.81. The molecule has 0 fully saturated rings. The topological polar surface area (TPSA) is 102 Å². The smallest absolute Gasteiger partial charge is 0.413 e. The lowest BCUT2D eigenvalue weighted by atomic mass is 10.2. The van der Waals surface area contributed by atoms with Gasteiger partial charge in [0.2, 0.25) is 0 Å². The number of carbonyl (C=O) groups excluding carboxylic acids is 2. The van der Waals surface area contributed by atoms with Crippen molar-refractivity contribution in [1.29, 1.82) is 0 Å². The van der Waals surface area contributed by atoms with Gasteiger partial charge in [0.1, 0.15) is 0 Å². The Kier molecular flexibility index (Phi) is 6.19. The fraction of sp³-hybridized carbons (Fsp3) is 0.389. The van der Waals surface area contributed by atoms with E-state index in [1.54, 1.807) is 25.2 Å². The molecule has 2 heterocycles. The molecule has 1 aliphatic heterocycles. The number of benzene rings is 1. The molecule has 10 heteroatoms. The molecule has 3 rings (SSSR count). The molecule has 1 aromatic carbocycles. The van der Waals surface area contributed by atoms with E-state index in [9.17, 15) is 9.59 Å². The quantitative estimate of drug-likeness (QED) is 0.791. The minimum atomic E-state index is -0.560. The highest BCUT2D eigenvalue weighted by atomic mass is 32.1. The van der Waals surface area contributed by atoms with Gasteiger partial charge in [0.05, 0.1) is 33.6 Å². The lowest BCUT2D eigenvalue weighted by molar-refractivity contribution is 0.187. The second-order valence-corrected chi connectivity index (χ2v) is 7.11. The molecule has 9 nitrogen and oxygen atoms in total. The van der Waals surface area contributed by atoms with Crippen molar-refractivity contribution in [2.45, 2.75) is 19.5 Å². The van der Waals surface area contributed by atoms with E-state index in [0.717, 1.165) is 16.1 Å². The molecule has 0 aliphatic carbocycles. The molecule has 0 radical (unpaired) electrons. The number of amides is 3. The van der Waals surface area contributed by atoms with E-state index in [1.807, 2.05) is 12.1 Å². The van der Waals surface area contributed by atoms with E-state index in [0.29, 0.717) is 42.7 Å². The molecule has 3 amide bonds. The molecule has 1 aliphatic rings. The van der Waals surface area contributed by atoms with Gasteiger partial charge in [-0.15, -0.1) is 0 Å². The Morgan fingerprint density at radius 3 is 2.71 bits per heavy atom. The first-order valence-corrected chi connectivity index (χ1v) is 9.43. The van der Waals surface area contributed by atoms with Crippen LogP contribution in [0.25, 0.3) is 0 Å². The second kappa shape index (κ2) is 8.79. The van der Waals surface area contributed by atoms with Crippen LogP contribution in [0.1, 0.15) is 16.1 Å². The summed E-state index contributed by atoms with van der Waals surface area (Å²) in [6.45, 7) is 1.39. The van der Waals surface area contributed by atoms with Crippen LogP contribution in [0.4, 0.5) is 14.7 Å². The highest BCUT2D eigenvalue weighted by molar-refractivity contribution is 7.15. The lowest BCUT2D eigenvalue weighted by Crippen LogP contribution is -2.42. The summed E-state index contributed by atoms with van der Waals surface area (Å²) >= 11 is 1.35. The van der Waals surface area contributed by atoms with E-state index in [2.05, 4.69) is 20.4 Å². The Morgan fingerprint density at radius 2 is 2.00 bits per heavy atom. The molecule has 28 heavy (non-hydrogen) atoms. The van der Waals surface area contributed by atoms with Gasteiger partial charge in [0.15, 0.2) is 16.6 Å². The van der Waals surface area contributed by atoms with Gasteiger partial charge in [-0.3, -0.25) is 5.32 Å². The highest BCUT2D eigenvalue weighted by Gasteiger charge is 2.24. The van der Waals surface area contributed by atoms with Crippen LogP contribution >= 0.6 is 11.3 Å². The summed E-state index contributed by atoms with van der Waals surface area (Å²) < 4.78 is 15.1. The second-order valence-electron chi connectivity index (χ2n) is 6.03. The number of hydrogen-bond acceptors (Lipinski definition) is 7. The number of thiazole rings is 1. The fourth-order valence-electron chi connectivity index (χ4n) is 2.84. The van der Waals surface area contributed by atoms with Crippen molar-refractivity contribution in [2.75, 3.05) is 33.2 Å². The van der Waals surface area contributed by atoms with Crippen LogP contribution in [-0.4, -0.2) is 49.9 Å². The van der Waals surface area contributed by atoms with Crippen molar-refractivity contribution in [2.24, 2.45) is 0 Å². The summed E-state index contributed by atoms with van der Waals surface area (Å²) in [6.07, 6.45) is 0.0778. The summed E-state index contributed by atoms with van der Waals surface area (Å²) in [7, 11) is 4.45. The third-order valence-electron chi connectivity index (χ3n) is 4.30. The first-order chi connectivity index (χ1) is 13.5. The predicted molar refractivity (Wildman–Crippen MR) is 104 cm³/mol. The van der Waals surface area contributed by atoms with Gasteiger partial charge in [-0.05, 0) is 17.7 Å². The minimum Gasteiger partial charge on any atom is -0.493 e. The normalized spacial score (nSPS) is 12.8. The molecular weight excluding hydrogens is 384 g/mol. The Labute approximate surface area is 166 Å². The third kappa shape index (κ3) is 4.45. The zero-order valence-corrected chi connectivity index (χ0v) is 16.7. The van der Waals surface area contributed by atoms with Crippen LogP contribution < -0.4 is 20.1 Å². The van der Waals surface area contributed by atoms with Crippen LogP contribution in [0, 0.1) is 0 Å². The van der Waals surface area contributed by atoms with Crippen LogP contribution in [0.3, 0.4) is 0 Å².